The molecule has 0 saturated carbocycles. The van der Waals surface area contributed by atoms with Crippen LogP contribution >= 0.6 is 0 Å². The Hall–Kier alpha value is -1.91. The Morgan fingerprint density at radius 2 is 2.38 bits per heavy atom. The van der Waals surface area contributed by atoms with E-state index in [0.29, 0.717) is 17.1 Å². The average molecular weight is 177 g/mol. The number of aromatic nitrogens is 2. The van der Waals surface area contributed by atoms with Gasteiger partial charge >= 0.3 is 0 Å². The van der Waals surface area contributed by atoms with E-state index >= 15 is 0 Å². The van der Waals surface area contributed by atoms with Crippen molar-refractivity contribution in [3.8, 4) is 0 Å². The summed E-state index contributed by atoms with van der Waals surface area (Å²) in [7, 11) is 0. The molecule has 1 heterocycles. The molecule has 5 heteroatoms. The van der Waals surface area contributed by atoms with Crippen molar-refractivity contribution in [2.45, 2.75) is 6.92 Å². The van der Waals surface area contributed by atoms with E-state index in [9.17, 15) is 0 Å². The van der Waals surface area contributed by atoms with Gasteiger partial charge in [0.15, 0.2) is 0 Å². The molecule has 0 spiro atoms. The van der Waals surface area contributed by atoms with Crippen molar-refractivity contribution in [2.24, 2.45) is 16.7 Å². The predicted octanol–water partition coefficient (Wildman–Crippen LogP) is 0.0291. The van der Waals surface area contributed by atoms with Gasteiger partial charge in [0.25, 0.3) is 0 Å². The summed E-state index contributed by atoms with van der Waals surface area (Å²) in [5.74, 6) is 5.69. The highest BCUT2D eigenvalue weighted by molar-refractivity contribution is 6.08. The first-order valence-corrected chi connectivity index (χ1v) is 3.73. The summed E-state index contributed by atoms with van der Waals surface area (Å²) in [4.78, 5) is 8.12. The molecule has 0 bridgehead atoms. The summed E-state index contributed by atoms with van der Waals surface area (Å²) in [5, 5.41) is 3.38. The van der Waals surface area contributed by atoms with E-state index in [-0.39, 0.29) is 0 Å². The number of hydrogen-bond acceptors (Lipinski definition) is 5. The van der Waals surface area contributed by atoms with Gasteiger partial charge in [-0.1, -0.05) is 0 Å². The molecule has 1 rings (SSSR count). The molecule has 1 aromatic heterocycles. The third-order valence-electron chi connectivity index (χ3n) is 1.46. The van der Waals surface area contributed by atoms with Crippen LogP contribution in [0, 0.1) is 6.92 Å². The van der Waals surface area contributed by atoms with Crippen LogP contribution in [0.2, 0.25) is 0 Å². The van der Waals surface area contributed by atoms with Gasteiger partial charge in [0.1, 0.15) is 5.82 Å². The molecule has 0 aliphatic rings. The molecule has 0 amide bonds. The molecule has 1 aromatic rings. The van der Waals surface area contributed by atoms with Crippen LogP contribution < -0.4 is 11.6 Å². The zero-order chi connectivity index (χ0) is 9.68. The Bertz CT molecular complexity index is 342. The second-order valence-electron chi connectivity index (χ2n) is 2.39. The standard InChI is InChI=1S/C8H11N5/c1-6-11-3-2-8(13-6)7(4-9)5-12-10/h2-5H,9-10H2,1H3. The summed E-state index contributed by atoms with van der Waals surface area (Å²) in [6, 6.07) is 1.74. The molecule has 5 nitrogen and oxygen atoms in total. The first kappa shape index (κ1) is 9.18. The quantitative estimate of drug-likeness (QED) is 0.379. The Kier molecular flexibility index (Phi) is 2.97. The lowest BCUT2D eigenvalue weighted by Gasteiger charge is -1.99. The average Bonchev–Trinajstić information content (AvgIpc) is 2.14. The molecule has 13 heavy (non-hydrogen) atoms. The summed E-state index contributed by atoms with van der Waals surface area (Å²) >= 11 is 0. The van der Waals surface area contributed by atoms with Gasteiger partial charge in [-0.15, -0.1) is 0 Å². The van der Waals surface area contributed by atoms with E-state index in [4.69, 9.17) is 11.6 Å². The molecular formula is C8H11N5. The molecule has 0 aromatic carbocycles. The van der Waals surface area contributed by atoms with Crippen molar-refractivity contribution in [3.63, 3.8) is 0 Å². The van der Waals surface area contributed by atoms with Gasteiger partial charge in [0, 0.05) is 18.0 Å². The first-order valence-electron chi connectivity index (χ1n) is 3.73. The van der Waals surface area contributed by atoms with Gasteiger partial charge in [-0.3, -0.25) is 0 Å². The highest BCUT2D eigenvalue weighted by atomic mass is 15.1. The maximum Gasteiger partial charge on any atom is 0.125 e. The Morgan fingerprint density at radius 1 is 1.62 bits per heavy atom. The number of rotatable bonds is 2. The van der Waals surface area contributed by atoms with E-state index in [1.807, 2.05) is 0 Å². The molecular weight excluding hydrogens is 166 g/mol. The van der Waals surface area contributed by atoms with E-state index in [1.54, 1.807) is 19.2 Å². The van der Waals surface area contributed by atoms with Gasteiger partial charge in [0.05, 0.1) is 11.9 Å². The van der Waals surface area contributed by atoms with Gasteiger partial charge in [-0.2, -0.15) is 5.10 Å². The fraction of sp³-hybridized carbons (Fsp3) is 0.125. The van der Waals surface area contributed by atoms with Gasteiger partial charge in [0.2, 0.25) is 0 Å². The second-order valence-corrected chi connectivity index (χ2v) is 2.39. The number of hydrogen-bond donors (Lipinski definition) is 2. The van der Waals surface area contributed by atoms with Gasteiger partial charge in [-0.25, -0.2) is 9.97 Å². The fourth-order valence-electron chi connectivity index (χ4n) is 0.892. The summed E-state index contributed by atoms with van der Waals surface area (Å²) in [6.45, 7) is 1.80. The Morgan fingerprint density at radius 3 is 2.92 bits per heavy atom. The van der Waals surface area contributed by atoms with E-state index in [0.717, 1.165) is 0 Å². The number of aryl methyl sites for hydroxylation is 1. The normalized spacial score (nSPS) is 12.2. The molecule has 0 fully saturated rings. The van der Waals surface area contributed by atoms with E-state index in [2.05, 4.69) is 15.1 Å². The van der Waals surface area contributed by atoms with Crippen molar-refractivity contribution in [2.75, 3.05) is 0 Å². The number of allylic oxidation sites excluding steroid dienone is 1. The molecule has 0 unspecified atom stereocenters. The Labute approximate surface area is 76.2 Å². The lowest BCUT2D eigenvalue weighted by Crippen LogP contribution is -1.98. The smallest absolute Gasteiger partial charge is 0.125 e. The minimum atomic E-state index is 0.674. The van der Waals surface area contributed by atoms with Gasteiger partial charge in [-0.05, 0) is 13.0 Å². The molecule has 0 atom stereocenters. The largest absolute Gasteiger partial charge is 0.404 e. The fourth-order valence-corrected chi connectivity index (χ4v) is 0.892. The topological polar surface area (TPSA) is 90.2 Å². The molecule has 0 aliphatic carbocycles. The van der Waals surface area contributed by atoms with Crippen molar-refractivity contribution in [3.05, 3.63) is 30.0 Å². The van der Waals surface area contributed by atoms with Crippen LogP contribution in [0.3, 0.4) is 0 Å². The minimum Gasteiger partial charge on any atom is -0.404 e. The number of hydrazone groups is 1. The van der Waals surface area contributed by atoms with Crippen LogP contribution in [0.1, 0.15) is 11.5 Å². The highest BCUT2D eigenvalue weighted by Crippen LogP contribution is 2.06. The highest BCUT2D eigenvalue weighted by Gasteiger charge is 1.99. The lowest BCUT2D eigenvalue weighted by molar-refractivity contribution is 1.04. The molecule has 0 saturated heterocycles. The third kappa shape index (κ3) is 2.26. The SMILES string of the molecule is Cc1nccc(C(C=NN)=CN)n1. The summed E-state index contributed by atoms with van der Waals surface area (Å²) < 4.78 is 0. The van der Waals surface area contributed by atoms with E-state index in [1.165, 1.54) is 12.4 Å². The van der Waals surface area contributed by atoms with Gasteiger partial charge < -0.3 is 11.6 Å². The zero-order valence-corrected chi connectivity index (χ0v) is 7.31. The summed E-state index contributed by atoms with van der Waals surface area (Å²) in [5.41, 5.74) is 6.76. The molecule has 4 N–H and O–H groups in total. The van der Waals surface area contributed by atoms with Crippen LogP contribution in [0.5, 0.6) is 0 Å². The Balaban J connectivity index is 3.06. The number of nitrogens with two attached hydrogens (primary N) is 2. The minimum absolute atomic E-state index is 0.674. The number of nitrogens with zero attached hydrogens (tertiary/aromatic N) is 3. The molecule has 68 valence electrons. The molecule has 0 radical (unpaired) electrons. The maximum atomic E-state index is 5.37. The van der Waals surface area contributed by atoms with Crippen molar-refractivity contribution < 1.29 is 0 Å². The first-order chi connectivity index (χ1) is 6.27. The van der Waals surface area contributed by atoms with Crippen LogP contribution in [0.4, 0.5) is 0 Å². The van der Waals surface area contributed by atoms with Crippen LogP contribution in [0.25, 0.3) is 5.57 Å². The van der Waals surface area contributed by atoms with E-state index < -0.39 is 0 Å². The monoisotopic (exact) mass is 177 g/mol. The van der Waals surface area contributed by atoms with Crippen molar-refractivity contribution in [1.82, 2.24) is 9.97 Å². The van der Waals surface area contributed by atoms with Crippen molar-refractivity contribution in [1.29, 1.82) is 0 Å². The van der Waals surface area contributed by atoms with Crippen LogP contribution in [-0.4, -0.2) is 16.2 Å². The third-order valence-corrected chi connectivity index (χ3v) is 1.46. The van der Waals surface area contributed by atoms with Crippen molar-refractivity contribution >= 4 is 11.8 Å². The summed E-state index contributed by atoms with van der Waals surface area (Å²) in [6.07, 6.45) is 4.51. The lowest BCUT2D eigenvalue weighted by atomic mass is 10.2. The predicted molar refractivity (Wildman–Crippen MR) is 51.6 cm³/mol. The van der Waals surface area contributed by atoms with Crippen LogP contribution in [-0.2, 0) is 0 Å². The zero-order valence-electron chi connectivity index (χ0n) is 7.31. The second kappa shape index (κ2) is 4.20. The molecule has 0 aliphatic heterocycles. The maximum absolute atomic E-state index is 5.37. The van der Waals surface area contributed by atoms with Crippen LogP contribution in [0.15, 0.2) is 23.6 Å².